The Morgan fingerprint density at radius 3 is 2.21 bits per heavy atom. The molecule has 0 saturated carbocycles. The standard InChI is InChI=1S/C26H32N2O3S2/c1-17-14-18(2)20(4)25(19(17)3)33(29,30)24-10-12-28(13-11-24)26-27-22(16-32-26)15-21-6-8-23(31-5)9-7-21/h6-9,14,16,24H,10-13,15H2,1-5H3. The van der Waals surface area contributed by atoms with Gasteiger partial charge in [-0.25, -0.2) is 13.4 Å². The van der Waals surface area contributed by atoms with Crippen molar-refractivity contribution in [3.8, 4) is 5.75 Å². The SMILES string of the molecule is COc1ccc(Cc2csc(N3CCC(S(=O)(=O)c4c(C)c(C)cc(C)c4C)CC3)n2)cc1. The molecular weight excluding hydrogens is 452 g/mol. The molecule has 1 fully saturated rings. The summed E-state index contributed by atoms with van der Waals surface area (Å²) >= 11 is 1.64. The first kappa shape index (κ1) is 23.8. The number of thiazole rings is 1. The molecule has 1 saturated heterocycles. The molecule has 1 aromatic heterocycles. The minimum absolute atomic E-state index is 0.342. The number of hydrogen-bond acceptors (Lipinski definition) is 6. The summed E-state index contributed by atoms with van der Waals surface area (Å²) in [6.45, 7) is 9.28. The fourth-order valence-electron chi connectivity index (χ4n) is 4.61. The number of benzene rings is 2. The molecule has 2 heterocycles. The Morgan fingerprint density at radius 1 is 1.03 bits per heavy atom. The van der Waals surface area contributed by atoms with Gasteiger partial charge >= 0.3 is 0 Å². The van der Waals surface area contributed by atoms with E-state index in [-0.39, 0.29) is 5.25 Å². The normalized spacial score (nSPS) is 15.1. The van der Waals surface area contributed by atoms with Crippen LogP contribution in [0.25, 0.3) is 0 Å². The number of nitrogens with zero attached hydrogens (tertiary/aromatic N) is 2. The molecule has 0 unspecified atom stereocenters. The highest BCUT2D eigenvalue weighted by molar-refractivity contribution is 7.92. The number of anilines is 1. The van der Waals surface area contributed by atoms with E-state index in [1.54, 1.807) is 18.4 Å². The number of aryl methyl sites for hydroxylation is 2. The van der Waals surface area contributed by atoms with E-state index in [0.717, 1.165) is 45.2 Å². The van der Waals surface area contributed by atoms with E-state index in [1.165, 1.54) is 5.56 Å². The van der Waals surface area contributed by atoms with Crippen molar-refractivity contribution in [2.75, 3.05) is 25.1 Å². The van der Waals surface area contributed by atoms with E-state index in [0.29, 0.717) is 30.8 Å². The molecule has 0 radical (unpaired) electrons. The van der Waals surface area contributed by atoms with Crippen LogP contribution in [0.15, 0.2) is 40.6 Å². The summed E-state index contributed by atoms with van der Waals surface area (Å²) in [5, 5.41) is 2.74. The van der Waals surface area contributed by atoms with Crippen molar-refractivity contribution in [1.82, 2.24) is 4.98 Å². The zero-order valence-electron chi connectivity index (χ0n) is 20.0. The molecule has 4 rings (SSSR count). The van der Waals surface area contributed by atoms with Crippen LogP contribution in [0.2, 0.25) is 0 Å². The molecule has 0 atom stereocenters. The van der Waals surface area contributed by atoms with Crippen LogP contribution in [0.5, 0.6) is 5.75 Å². The molecule has 7 heteroatoms. The van der Waals surface area contributed by atoms with E-state index >= 15 is 0 Å². The second-order valence-electron chi connectivity index (χ2n) is 8.97. The van der Waals surface area contributed by atoms with Crippen LogP contribution in [-0.2, 0) is 16.3 Å². The Hall–Kier alpha value is -2.38. The minimum Gasteiger partial charge on any atom is -0.497 e. The maximum Gasteiger partial charge on any atom is 0.185 e. The third-order valence-electron chi connectivity index (χ3n) is 6.82. The van der Waals surface area contributed by atoms with Crippen molar-refractivity contribution >= 4 is 26.3 Å². The summed E-state index contributed by atoms with van der Waals surface area (Å²) in [7, 11) is -1.70. The van der Waals surface area contributed by atoms with Crippen molar-refractivity contribution in [3.05, 3.63) is 69.2 Å². The van der Waals surface area contributed by atoms with Crippen LogP contribution < -0.4 is 9.64 Å². The Morgan fingerprint density at radius 2 is 1.64 bits per heavy atom. The van der Waals surface area contributed by atoms with Crippen LogP contribution in [0.3, 0.4) is 0 Å². The predicted molar refractivity (Wildman–Crippen MR) is 136 cm³/mol. The molecule has 0 spiro atoms. The summed E-state index contributed by atoms with van der Waals surface area (Å²) in [6.07, 6.45) is 2.03. The molecule has 5 nitrogen and oxygen atoms in total. The van der Waals surface area contributed by atoms with Gasteiger partial charge in [0, 0.05) is 24.9 Å². The molecular formula is C26H32N2O3S2. The van der Waals surface area contributed by atoms with Gasteiger partial charge in [0.2, 0.25) is 0 Å². The largest absolute Gasteiger partial charge is 0.497 e. The fourth-order valence-corrected chi connectivity index (χ4v) is 7.83. The zero-order chi connectivity index (χ0) is 23.8. The average Bonchev–Trinajstić information content (AvgIpc) is 3.27. The van der Waals surface area contributed by atoms with Gasteiger partial charge in [-0.3, -0.25) is 0 Å². The first-order valence-corrected chi connectivity index (χ1v) is 13.8. The second-order valence-corrected chi connectivity index (χ2v) is 12.0. The van der Waals surface area contributed by atoms with Gasteiger partial charge in [0.1, 0.15) is 5.75 Å². The predicted octanol–water partition coefficient (Wildman–Crippen LogP) is 5.42. The molecule has 2 aromatic carbocycles. The van der Waals surface area contributed by atoms with E-state index in [4.69, 9.17) is 9.72 Å². The summed E-state index contributed by atoms with van der Waals surface area (Å²) in [4.78, 5) is 7.61. The Kier molecular flexibility index (Phi) is 6.82. The Bertz CT molecular complexity index is 1210. The monoisotopic (exact) mass is 484 g/mol. The summed E-state index contributed by atoms with van der Waals surface area (Å²) < 4.78 is 32.4. The highest BCUT2D eigenvalue weighted by atomic mass is 32.2. The Balaban J connectivity index is 1.44. The number of aromatic nitrogens is 1. The Labute approximate surface area is 201 Å². The number of rotatable bonds is 6. The lowest BCUT2D eigenvalue weighted by molar-refractivity contribution is 0.414. The third-order valence-corrected chi connectivity index (χ3v) is 10.3. The first-order chi connectivity index (χ1) is 15.7. The van der Waals surface area contributed by atoms with Crippen molar-refractivity contribution in [2.45, 2.75) is 57.1 Å². The topological polar surface area (TPSA) is 59.5 Å². The van der Waals surface area contributed by atoms with Crippen molar-refractivity contribution < 1.29 is 13.2 Å². The van der Waals surface area contributed by atoms with Gasteiger partial charge in [-0.05, 0) is 80.5 Å². The molecule has 176 valence electrons. The minimum atomic E-state index is -3.37. The van der Waals surface area contributed by atoms with Crippen LogP contribution in [-0.4, -0.2) is 38.9 Å². The maximum atomic E-state index is 13.6. The number of piperidine rings is 1. The average molecular weight is 485 g/mol. The van der Waals surface area contributed by atoms with Crippen LogP contribution in [0.1, 0.15) is 46.4 Å². The quantitative estimate of drug-likeness (QED) is 0.468. The summed E-state index contributed by atoms with van der Waals surface area (Å²) in [5.74, 6) is 0.849. The lowest BCUT2D eigenvalue weighted by Gasteiger charge is -2.32. The van der Waals surface area contributed by atoms with E-state index in [9.17, 15) is 8.42 Å². The molecule has 1 aliphatic rings. The number of sulfone groups is 1. The third kappa shape index (κ3) is 4.80. The number of methoxy groups -OCH3 is 1. The molecule has 3 aromatic rings. The van der Waals surface area contributed by atoms with Gasteiger partial charge in [0.05, 0.1) is 22.9 Å². The van der Waals surface area contributed by atoms with Gasteiger partial charge in [-0.1, -0.05) is 18.2 Å². The molecule has 0 aliphatic carbocycles. The second kappa shape index (κ2) is 9.47. The number of hydrogen-bond donors (Lipinski definition) is 0. The highest BCUT2D eigenvalue weighted by Gasteiger charge is 2.34. The van der Waals surface area contributed by atoms with Gasteiger partial charge < -0.3 is 9.64 Å². The fraction of sp³-hybridized carbons (Fsp3) is 0.423. The molecule has 0 bridgehead atoms. The van der Waals surface area contributed by atoms with Crippen molar-refractivity contribution in [2.24, 2.45) is 0 Å². The summed E-state index contributed by atoms with van der Waals surface area (Å²) in [6, 6.07) is 10.1. The lowest BCUT2D eigenvalue weighted by atomic mass is 10.0. The molecule has 1 aliphatic heterocycles. The van der Waals surface area contributed by atoms with Crippen LogP contribution in [0, 0.1) is 27.7 Å². The summed E-state index contributed by atoms with van der Waals surface area (Å²) in [5.41, 5.74) is 6.10. The van der Waals surface area contributed by atoms with Gasteiger partial charge in [-0.15, -0.1) is 11.3 Å². The smallest absolute Gasteiger partial charge is 0.185 e. The maximum absolute atomic E-state index is 13.6. The van der Waals surface area contributed by atoms with Crippen molar-refractivity contribution in [1.29, 1.82) is 0 Å². The molecule has 0 N–H and O–H groups in total. The van der Waals surface area contributed by atoms with Gasteiger partial charge in [0.25, 0.3) is 0 Å². The van der Waals surface area contributed by atoms with Gasteiger partial charge in [0.15, 0.2) is 15.0 Å². The van der Waals surface area contributed by atoms with Crippen LogP contribution in [0.4, 0.5) is 5.13 Å². The zero-order valence-corrected chi connectivity index (χ0v) is 21.6. The van der Waals surface area contributed by atoms with Gasteiger partial charge in [-0.2, -0.15) is 0 Å². The number of ether oxygens (including phenoxy) is 1. The molecule has 0 amide bonds. The van der Waals surface area contributed by atoms with E-state index in [2.05, 4.69) is 28.5 Å². The van der Waals surface area contributed by atoms with Crippen LogP contribution >= 0.6 is 11.3 Å². The first-order valence-electron chi connectivity index (χ1n) is 11.3. The lowest BCUT2D eigenvalue weighted by Crippen LogP contribution is -2.39. The van der Waals surface area contributed by atoms with E-state index in [1.807, 2.05) is 39.8 Å². The van der Waals surface area contributed by atoms with Crippen molar-refractivity contribution in [3.63, 3.8) is 0 Å². The van der Waals surface area contributed by atoms with E-state index < -0.39 is 9.84 Å². The highest BCUT2D eigenvalue weighted by Crippen LogP contribution is 2.34. The molecule has 33 heavy (non-hydrogen) atoms.